The normalized spacial score (nSPS) is 11.3. The molecule has 0 spiro atoms. The highest BCUT2D eigenvalue weighted by atomic mass is 32.2. The SMILES string of the molecule is Cn1c(=O)c2c(nc(SCc3ccc(F)cc3)n2CCCc2ccccc2)n(C)c1=O. The van der Waals surface area contributed by atoms with E-state index in [0.29, 0.717) is 28.6 Å². The van der Waals surface area contributed by atoms with Gasteiger partial charge in [0.1, 0.15) is 5.82 Å². The van der Waals surface area contributed by atoms with Crippen LogP contribution < -0.4 is 11.2 Å². The third-order valence-electron chi connectivity index (χ3n) is 5.28. The van der Waals surface area contributed by atoms with Gasteiger partial charge in [-0.15, -0.1) is 0 Å². The lowest BCUT2D eigenvalue weighted by atomic mass is 10.1. The number of benzene rings is 2. The highest BCUT2D eigenvalue weighted by Gasteiger charge is 2.19. The first-order valence-corrected chi connectivity index (χ1v) is 11.0. The molecule has 0 N–H and O–H groups in total. The molecule has 6 nitrogen and oxygen atoms in total. The molecule has 0 atom stereocenters. The van der Waals surface area contributed by atoms with Crippen molar-refractivity contribution in [3.8, 4) is 0 Å². The Morgan fingerprint density at radius 1 is 0.935 bits per heavy atom. The van der Waals surface area contributed by atoms with Crippen molar-refractivity contribution < 1.29 is 4.39 Å². The highest BCUT2D eigenvalue weighted by molar-refractivity contribution is 7.98. The zero-order valence-electron chi connectivity index (χ0n) is 17.4. The standard InChI is InChI=1S/C23H23FN4O2S/c1-26-20-19(21(29)27(2)23(26)30)28(14-6-9-16-7-4-3-5-8-16)22(25-20)31-15-17-10-12-18(24)13-11-17/h3-5,7-8,10-13H,6,9,14-15H2,1-2H3. The molecule has 0 aliphatic carbocycles. The number of nitrogens with zero attached hydrogens (tertiary/aromatic N) is 4. The van der Waals surface area contributed by atoms with Crippen LogP contribution in [0.15, 0.2) is 69.3 Å². The summed E-state index contributed by atoms with van der Waals surface area (Å²) in [4.78, 5) is 29.9. The number of imidazole rings is 1. The highest BCUT2D eigenvalue weighted by Crippen LogP contribution is 2.26. The second-order valence-electron chi connectivity index (χ2n) is 7.43. The second-order valence-corrected chi connectivity index (χ2v) is 8.37. The monoisotopic (exact) mass is 438 g/mol. The van der Waals surface area contributed by atoms with E-state index in [2.05, 4.69) is 17.1 Å². The number of fused-ring (bicyclic) bond motifs is 1. The maximum Gasteiger partial charge on any atom is 0.332 e. The van der Waals surface area contributed by atoms with Gasteiger partial charge in [-0.1, -0.05) is 54.2 Å². The minimum atomic E-state index is -0.401. The third-order valence-corrected chi connectivity index (χ3v) is 6.33. The van der Waals surface area contributed by atoms with E-state index in [-0.39, 0.29) is 11.4 Å². The van der Waals surface area contributed by atoms with E-state index in [0.717, 1.165) is 23.0 Å². The lowest BCUT2D eigenvalue weighted by Gasteiger charge is -2.10. The van der Waals surface area contributed by atoms with Gasteiger partial charge in [-0.3, -0.25) is 13.9 Å². The molecule has 0 aliphatic heterocycles. The van der Waals surface area contributed by atoms with Crippen molar-refractivity contribution in [1.29, 1.82) is 0 Å². The van der Waals surface area contributed by atoms with Crippen LogP contribution in [-0.2, 0) is 32.8 Å². The summed E-state index contributed by atoms with van der Waals surface area (Å²) in [6, 6.07) is 16.5. The number of aromatic nitrogens is 4. The fraction of sp³-hybridized carbons (Fsp3) is 0.261. The van der Waals surface area contributed by atoms with Crippen molar-refractivity contribution in [1.82, 2.24) is 18.7 Å². The molecule has 2 heterocycles. The summed E-state index contributed by atoms with van der Waals surface area (Å²) in [5, 5.41) is 0.672. The molecule has 2 aromatic carbocycles. The zero-order chi connectivity index (χ0) is 22.0. The van der Waals surface area contributed by atoms with Gasteiger partial charge in [0.2, 0.25) is 0 Å². The molecule has 4 aromatic rings. The minimum Gasteiger partial charge on any atom is -0.313 e. The molecule has 8 heteroatoms. The van der Waals surface area contributed by atoms with Gasteiger partial charge in [-0.2, -0.15) is 0 Å². The average Bonchev–Trinajstić information content (AvgIpc) is 3.15. The van der Waals surface area contributed by atoms with Crippen LogP contribution >= 0.6 is 11.8 Å². The lowest BCUT2D eigenvalue weighted by Crippen LogP contribution is -2.37. The van der Waals surface area contributed by atoms with E-state index in [1.54, 1.807) is 19.2 Å². The summed E-state index contributed by atoms with van der Waals surface area (Å²) in [6.45, 7) is 0.602. The summed E-state index contributed by atoms with van der Waals surface area (Å²) < 4.78 is 17.6. The van der Waals surface area contributed by atoms with Crippen LogP contribution in [0.2, 0.25) is 0 Å². The van der Waals surface area contributed by atoms with Gasteiger partial charge in [-0.25, -0.2) is 14.2 Å². The van der Waals surface area contributed by atoms with Crippen molar-refractivity contribution in [2.24, 2.45) is 14.1 Å². The molecule has 4 rings (SSSR count). The van der Waals surface area contributed by atoms with Crippen molar-refractivity contribution in [3.05, 3.63) is 92.4 Å². The van der Waals surface area contributed by atoms with Gasteiger partial charge < -0.3 is 4.57 Å². The van der Waals surface area contributed by atoms with Gasteiger partial charge >= 0.3 is 5.69 Å². The summed E-state index contributed by atoms with van der Waals surface area (Å²) in [7, 11) is 3.11. The molecule has 0 fully saturated rings. The molecule has 0 aliphatic rings. The maximum atomic E-state index is 13.2. The van der Waals surface area contributed by atoms with Crippen LogP contribution in [0, 0.1) is 5.82 Å². The Hall–Kier alpha value is -3.13. The fourth-order valence-corrected chi connectivity index (χ4v) is 4.54. The molecule has 0 radical (unpaired) electrons. The van der Waals surface area contributed by atoms with E-state index in [1.807, 2.05) is 22.8 Å². The molecule has 0 saturated carbocycles. The molecule has 2 aromatic heterocycles. The number of thioether (sulfide) groups is 1. The summed E-state index contributed by atoms with van der Waals surface area (Å²) in [6.07, 6.45) is 1.69. The molecule has 31 heavy (non-hydrogen) atoms. The Kier molecular flexibility index (Phi) is 6.08. The Morgan fingerprint density at radius 2 is 1.65 bits per heavy atom. The fourth-order valence-electron chi connectivity index (χ4n) is 3.56. The molecule has 160 valence electrons. The Bertz CT molecular complexity index is 1320. The summed E-state index contributed by atoms with van der Waals surface area (Å²) in [5.74, 6) is 0.302. The maximum absolute atomic E-state index is 13.2. The van der Waals surface area contributed by atoms with Crippen LogP contribution in [0.4, 0.5) is 4.39 Å². The largest absolute Gasteiger partial charge is 0.332 e. The number of aryl methyl sites for hydroxylation is 3. The van der Waals surface area contributed by atoms with E-state index < -0.39 is 5.69 Å². The Balaban J connectivity index is 1.69. The smallest absolute Gasteiger partial charge is 0.313 e. The van der Waals surface area contributed by atoms with Crippen LogP contribution in [0.3, 0.4) is 0 Å². The number of hydrogen-bond donors (Lipinski definition) is 0. The Labute approximate surface area is 183 Å². The van der Waals surface area contributed by atoms with Gasteiger partial charge in [-0.05, 0) is 36.1 Å². The van der Waals surface area contributed by atoms with Crippen LogP contribution in [0.25, 0.3) is 11.2 Å². The average molecular weight is 439 g/mol. The zero-order valence-corrected chi connectivity index (χ0v) is 18.2. The summed E-state index contributed by atoms with van der Waals surface area (Å²) >= 11 is 1.47. The molecule has 0 amide bonds. The van der Waals surface area contributed by atoms with Crippen molar-refractivity contribution in [2.75, 3.05) is 0 Å². The minimum absolute atomic E-state index is 0.277. The predicted octanol–water partition coefficient (Wildman–Crippen LogP) is 3.50. The van der Waals surface area contributed by atoms with Crippen molar-refractivity contribution in [2.45, 2.75) is 30.3 Å². The van der Waals surface area contributed by atoms with Crippen LogP contribution in [-0.4, -0.2) is 18.7 Å². The second kappa shape index (κ2) is 8.93. The van der Waals surface area contributed by atoms with E-state index in [4.69, 9.17) is 0 Å². The predicted molar refractivity (Wildman–Crippen MR) is 121 cm³/mol. The van der Waals surface area contributed by atoms with E-state index in [9.17, 15) is 14.0 Å². The topological polar surface area (TPSA) is 61.8 Å². The van der Waals surface area contributed by atoms with Crippen molar-refractivity contribution >= 4 is 22.9 Å². The van der Waals surface area contributed by atoms with Gasteiger partial charge in [0.05, 0.1) is 0 Å². The lowest BCUT2D eigenvalue weighted by molar-refractivity contribution is 0.605. The van der Waals surface area contributed by atoms with Gasteiger partial charge in [0.15, 0.2) is 16.3 Å². The molecule has 0 unspecified atom stereocenters. The van der Waals surface area contributed by atoms with E-state index in [1.165, 1.54) is 41.1 Å². The molecule has 0 bridgehead atoms. The first-order valence-electron chi connectivity index (χ1n) is 10.0. The van der Waals surface area contributed by atoms with Crippen LogP contribution in [0.5, 0.6) is 0 Å². The quantitative estimate of drug-likeness (QED) is 0.415. The first-order chi connectivity index (χ1) is 15.0. The number of rotatable bonds is 7. The third kappa shape index (κ3) is 4.34. The van der Waals surface area contributed by atoms with E-state index >= 15 is 0 Å². The Morgan fingerprint density at radius 3 is 2.35 bits per heavy atom. The van der Waals surface area contributed by atoms with Gasteiger partial charge in [0, 0.05) is 26.4 Å². The number of halogens is 1. The molecular weight excluding hydrogens is 415 g/mol. The van der Waals surface area contributed by atoms with Gasteiger partial charge in [0.25, 0.3) is 5.56 Å². The molecule has 0 saturated heterocycles. The van der Waals surface area contributed by atoms with Crippen LogP contribution in [0.1, 0.15) is 17.5 Å². The first kappa shape index (κ1) is 21.1. The summed E-state index contributed by atoms with van der Waals surface area (Å²) in [5.41, 5.74) is 2.25. The number of hydrogen-bond acceptors (Lipinski definition) is 4. The molecular formula is C23H23FN4O2S. The van der Waals surface area contributed by atoms with Crippen molar-refractivity contribution in [3.63, 3.8) is 0 Å².